The topological polar surface area (TPSA) is 12.9 Å². The Morgan fingerprint density at radius 2 is 2.23 bits per heavy atom. The molecule has 0 amide bonds. The van der Waals surface area contributed by atoms with Crippen LogP contribution in [0.15, 0.2) is 6.20 Å². The lowest BCUT2D eigenvalue weighted by atomic mass is 10.1. The zero-order valence-corrected chi connectivity index (χ0v) is 9.73. The van der Waals surface area contributed by atoms with E-state index in [-0.39, 0.29) is 11.4 Å². The second kappa shape index (κ2) is 4.50. The molecule has 0 aliphatic rings. The van der Waals surface area contributed by atoms with Crippen LogP contribution < -0.4 is 0 Å². The highest BCUT2D eigenvalue weighted by Gasteiger charge is 2.16. The Morgan fingerprint density at radius 1 is 1.62 bits per heavy atom. The Bertz CT molecular complexity index is 317. The minimum Gasteiger partial charge on any atom is -0.250 e. The molecule has 1 aromatic heterocycles. The standard InChI is InChI=1S/C8H7ClF2IN/c1-4-5(2-9)6(7(10)11)3-13-8(4)12/h3,7H,2H2,1H3. The third-order valence-electron chi connectivity index (χ3n) is 1.80. The van der Waals surface area contributed by atoms with Gasteiger partial charge in [0.1, 0.15) is 3.70 Å². The average Bonchev–Trinajstić information content (AvgIpc) is 2.09. The van der Waals surface area contributed by atoms with Gasteiger partial charge in [0, 0.05) is 17.6 Å². The molecule has 0 spiro atoms. The third-order valence-corrected chi connectivity index (χ3v) is 3.15. The molecule has 1 aromatic rings. The molecular formula is C8H7ClF2IN. The van der Waals surface area contributed by atoms with Crippen LogP contribution in [0.1, 0.15) is 23.1 Å². The minimum atomic E-state index is -2.50. The number of hydrogen-bond acceptors (Lipinski definition) is 1. The fourth-order valence-electron chi connectivity index (χ4n) is 1.01. The molecule has 0 atom stereocenters. The van der Waals surface area contributed by atoms with Gasteiger partial charge in [0.25, 0.3) is 6.43 Å². The summed E-state index contributed by atoms with van der Waals surface area (Å²) in [5.74, 6) is 0.101. The summed E-state index contributed by atoms with van der Waals surface area (Å²) in [6, 6.07) is 0. The Morgan fingerprint density at radius 3 is 2.69 bits per heavy atom. The Hall–Kier alpha value is 0.0300. The van der Waals surface area contributed by atoms with E-state index in [0.29, 0.717) is 5.56 Å². The molecule has 0 bridgehead atoms. The largest absolute Gasteiger partial charge is 0.265 e. The van der Waals surface area contributed by atoms with Gasteiger partial charge in [-0.15, -0.1) is 11.6 Å². The molecule has 0 radical (unpaired) electrons. The zero-order chi connectivity index (χ0) is 10.0. The summed E-state index contributed by atoms with van der Waals surface area (Å²) in [7, 11) is 0. The first kappa shape index (κ1) is 11.1. The van der Waals surface area contributed by atoms with Gasteiger partial charge in [-0.25, -0.2) is 13.8 Å². The van der Waals surface area contributed by atoms with Crippen molar-refractivity contribution in [3.8, 4) is 0 Å². The maximum atomic E-state index is 12.4. The molecule has 1 rings (SSSR count). The highest BCUT2D eigenvalue weighted by molar-refractivity contribution is 14.1. The average molecular weight is 318 g/mol. The van der Waals surface area contributed by atoms with E-state index in [9.17, 15) is 8.78 Å². The summed E-state index contributed by atoms with van der Waals surface area (Å²) < 4.78 is 25.6. The number of alkyl halides is 3. The molecular weight excluding hydrogens is 310 g/mol. The second-order valence-electron chi connectivity index (χ2n) is 2.54. The third kappa shape index (κ3) is 2.28. The Kier molecular flexibility index (Phi) is 3.85. The Labute approximate surface area is 93.6 Å². The lowest BCUT2D eigenvalue weighted by Gasteiger charge is -2.09. The number of pyridine rings is 1. The molecule has 0 saturated carbocycles. The maximum absolute atomic E-state index is 12.4. The van der Waals surface area contributed by atoms with E-state index in [1.807, 2.05) is 22.6 Å². The molecule has 0 saturated heterocycles. The van der Waals surface area contributed by atoms with Crippen molar-refractivity contribution in [1.82, 2.24) is 4.98 Å². The fraction of sp³-hybridized carbons (Fsp3) is 0.375. The molecule has 0 aliphatic heterocycles. The van der Waals surface area contributed by atoms with Crippen LogP contribution in [0.25, 0.3) is 0 Å². The quantitative estimate of drug-likeness (QED) is 0.461. The van der Waals surface area contributed by atoms with Gasteiger partial charge in [0.05, 0.1) is 0 Å². The smallest absolute Gasteiger partial charge is 0.250 e. The summed E-state index contributed by atoms with van der Waals surface area (Å²) >= 11 is 7.59. The van der Waals surface area contributed by atoms with Crippen molar-refractivity contribution >= 4 is 34.2 Å². The molecule has 0 unspecified atom stereocenters. The van der Waals surface area contributed by atoms with Crippen LogP contribution in [0, 0.1) is 10.6 Å². The molecule has 13 heavy (non-hydrogen) atoms. The molecule has 1 nitrogen and oxygen atoms in total. The van der Waals surface area contributed by atoms with Gasteiger partial charge in [-0.3, -0.25) is 0 Å². The van der Waals surface area contributed by atoms with E-state index in [1.165, 1.54) is 6.20 Å². The first-order valence-electron chi connectivity index (χ1n) is 3.56. The van der Waals surface area contributed by atoms with Crippen molar-refractivity contribution < 1.29 is 8.78 Å². The summed E-state index contributed by atoms with van der Waals surface area (Å²) in [5, 5.41) is 0. The second-order valence-corrected chi connectivity index (χ2v) is 3.83. The monoisotopic (exact) mass is 317 g/mol. The SMILES string of the molecule is Cc1c(I)ncc(C(F)F)c1CCl. The van der Waals surface area contributed by atoms with Crippen molar-refractivity contribution in [2.45, 2.75) is 19.2 Å². The number of nitrogens with zero attached hydrogens (tertiary/aromatic N) is 1. The molecule has 0 aromatic carbocycles. The van der Waals surface area contributed by atoms with Crippen LogP contribution in [0.2, 0.25) is 0 Å². The summed E-state index contributed by atoms with van der Waals surface area (Å²) in [5.41, 5.74) is 1.18. The van der Waals surface area contributed by atoms with Gasteiger partial charge in [0.2, 0.25) is 0 Å². The predicted octanol–water partition coefficient (Wildman–Crippen LogP) is 3.67. The van der Waals surface area contributed by atoms with Crippen molar-refractivity contribution in [1.29, 1.82) is 0 Å². The number of aromatic nitrogens is 1. The van der Waals surface area contributed by atoms with E-state index in [1.54, 1.807) is 6.92 Å². The highest BCUT2D eigenvalue weighted by Crippen LogP contribution is 2.27. The first-order valence-corrected chi connectivity index (χ1v) is 5.17. The van der Waals surface area contributed by atoms with E-state index < -0.39 is 6.43 Å². The first-order chi connectivity index (χ1) is 6.07. The molecule has 0 aliphatic carbocycles. The number of halogens is 4. The van der Waals surface area contributed by atoms with Crippen molar-refractivity contribution in [2.24, 2.45) is 0 Å². The van der Waals surface area contributed by atoms with Crippen molar-refractivity contribution in [2.75, 3.05) is 0 Å². The van der Waals surface area contributed by atoms with E-state index >= 15 is 0 Å². The normalized spacial score (nSPS) is 10.9. The molecule has 5 heteroatoms. The number of hydrogen-bond donors (Lipinski definition) is 0. The minimum absolute atomic E-state index is 0.0621. The van der Waals surface area contributed by atoms with Gasteiger partial charge in [-0.1, -0.05) is 0 Å². The van der Waals surface area contributed by atoms with Crippen LogP contribution in [0.3, 0.4) is 0 Å². The Balaban J connectivity index is 3.30. The summed E-state index contributed by atoms with van der Waals surface area (Å²) in [4.78, 5) is 3.86. The van der Waals surface area contributed by atoms with Crippen molar-refractivity contribution in [3.05, 3.63) is 26.6 Å². The molecule has 0 N–H and O–H groups in total. The van der Waals surface area contributed by atoms with E-state index in [4.69, 9.17) is 11.6 Å². The van der Waals surface area contributed by atoms with Gasteiger partial charge < -0.3 is 0 Å². The van der Waals surface area contributed by atoms with Crippen LogP contribution in [0.4, 0.5) is 8.78 Å². The van der Waals surface area contributed by atoms with E-state index in [2.05, 4.69) is 4.98 Å². The van der Waals surface area contributed by atoms with Crippen molar-refractivity contribution in [3.63, 3.8) is 0 Å². The summed E-state index contributed by atoms with van der Waals surface area (Å²) in [6.45, 7) is 1.75. The molecule has 72 valence electrons. The summed E-state index contributed by atoms with van der Waals surface area (Å²) in [6.07, 6.45) is -1.31. The van der Waals surface area contributed by atoms with Gasteiger partial charge >= 0.3 is 0 Å². The maximum Gasteiger partial charge on any atom is 0.265 e. The lowest BCUT2D eigenvalue weighted by molar-refractivity contribution is 0.150. The van der Waals surface area contributed by atoms with Gasteiger partial charge in [0.15, 0.2) is 0 Å². The lowest BCUT2D eigenvalue weighted by Crippen LogP contribution is -2.00. The van der Waals surface area contributed by atoms with E-state index in [0.717, 1.165) is 9.26 Å². The predicted molar refractivity (Wildman–Crippen MR) is 56.2 cm³/mol. The fourth-order valence-corrected chi connectivity index (χ4v) is 1.83. The number of rotatable bonds is 2. The van der Waals surface area contributed by atoms with Gasteiger partial charge in [-0.2, -0.15) is 0 Å². The highest BCUT2D eigenvalue weighted by atomic mass is 127. The van der Waals surface area contributed by atoms with Crippen LogP contribution in [-0.4, -0.2) is 4.98 Å². The zero-order valence-electron chi connectivity index (χ0n) is 6.82. The van der Waals surface area contributed by atoms with Crippen LogP contribution >= 0.6 is 34.2 Å². The van der Waals surface area contributed by atoms with Crippen LogP contribution in [0.5, 0.6) is 0 Å². The van der Waals surface area contributed by atoms with Gasteiger partial charge in [-0.05, 0) is 40.6 Å². The molecule has 0 fully saturated rings. The molecule has 1 heterocycles. The van der Waals surface area contributed by atoms with Crippen LogP contribution in [-0.2, 0) is 5.88 Å².